The number of carbonyl (C=O) groups is 2. The first kappa shape index (κ1) is 21.7. The number of unbranched alkanes of at least 4 members (excludes halogenated alkanes) is 8. The van der Waals surface area contributed by atoms with Gasteiger partial charge in [-0.25, -0.2) is 4.79 Å². The van der Waals surface area contributed by atoms with Crippen molar-refractivity contribution in [3.63, 3.8) is 0 Å². The molecule has 0 rings (SSSR count). The maximum absolute atomic E-state index is 11.7. The Morgan fingerprint density at radius 1 is 0.739 bits per heavy atom. The highest BCUT2D eigenvalue weighted by Gasteiger charge is 2.14. The van der Waals surface area contributed by atoms with Gasteiger partial charge in [-0.3, -0.25) is 4.79 Å². The van der Waals surface area contributed by atoms with E-state index in [4.69, 9.17) is 9.47 Å². The van der Waals surface area contributed by atoms with Crippen molar-refractivity contribution in [1.29, 1.82) is 0 Å². The molecule has 0 aliphatic carbocycles. The molecule has 0 bridgehead atoms. The van der Waals surface area contributed by atoms with E-state index in [0.717, 1.165) is 25.7 Å². The van der Waals surface area contributed by atoms with E-state index < -0.39 is 11.9 Å². The summed E-state index contributed by atoms with van der Waals surface area (Å²) in [5, 5.41) is 0. The maximum Gasteiger partial charge on any atom is 0.333 e. The van der Waals surface area contributed by atoms with E-state index in [1.807, 2.05) is 0 Å². The minimum atomic E-state index is -0.486. The van der Waals surface area contributed by atoms with Crippen molar-refractivity contribution in [1.82, 2.24) is 0 Å². The van der Waals surface area contributed by atoms with E-state index >= 15 is 0 Å². The summed E-state index contributed by atoms with van der Waals surface area (Å²) in [4.78, 5) is 23.3. The van der Waals surface area contributed by atoms with Gasteiger partial charge in [-0.05, 0) is 12.8 Å². The van der Waals surface area contributed by atoms with Crippen LogP contribution in [0.5, 0.6) is 0 Å². The molecule has 0 heterocycles. The fourth-order valence-electron chi connectivity index (χ4n) is 2.16. The normalized spacial score (nSPS) is 10.3. The van der Waals surface area contributed by atoms with E-state index in [1.54, 1.807) is 0 Å². The van der Waals surface area contributed by atoms with Crippen LogP contribution in [0.2, 0.25) is 0 Å². The van der Waals surface area contributed by atoms with Crippen LogP contribution >= 0.6 is 0 Å². The molecule has 0 atom stereocenters. The van der Waals surface area contributed by atoms with Gasteiger partial charge in [-0.1, -0.05) is 71.8 Å². The van der Waals surface area contributed by atoms with Crippen molar-refractivity contribution in [3.05, 3.63) is 12.2 Å². The van der Waals surface area contributed by atoms with Gasteiger partial charge in [0.05, 0.1) is 19.6 Å². The molecule has 4 heteroatoms. The molecule has 0 aliphatic rings. The largest absolute Gasteiger partial charge is 0.465 e. The van der Waals surface area contributed by atoms with Gasteiger partial charge in [-0.2, -0.15) is 0 Å². The lowest BCUT2D eigenvalue weighted by Crippen LogP contribution is -2.14. The third-order valence-corrected chi connectivity index (χ3v) is 3.64. The molecule has 0 saturated heterocycles. The Hall–Kier alpha value is -1.32. The molecule has 0 aromatic rings. The first-order chi connectivity index (χ1) is 11.1. The minimum Gasteiger partial charge on any atom is -0.465 e. The Bertz CT molecular complexity index is 336. The zero-order valence-corrected chi connectivity index (χ0v) is 15.0. The van der Waals surface area contributed by atoms with Crippen molar-refractivity contribution >= 4 is 11.9 Å². The van der Waals surface area contributed by atoms with Crippen LogP contribution in [0.4, 0.5) is 0 Å². The fraction of sp³-hybridized carbons (Fsp3) is 0.789. The molecule has 0 N–H and O–H groups in total. The lowest BCUT2D eigenvalue weighted by atomic mass is 10.1. The molecule has 0 saturated carbocycles. The average Bonchev–Trinajstić information content (AvgIpc) is 2.53. The number of esters is 2. The molecule has 4 nitrogen and oxygen atoms in total. The van der Waals surface area contributed by atoms with Crippen molar-refractivity contribution in [2.45, 2.75) is 84.5 Å². The van der Waals surface area contributed by atoms with Gasteiger partial charge in [0, 0.05) is 5.57 Å². The maximum atomic E-state index is 11.7. The third-order valence-electron chi connectivity index (χ3n) is 3.64. The molecule has 0 unspecified atom stereocenters. The van der Waals surface area contributed by atoms with Crippen LogP contribution in [0.15, 0.2) is 12.2 Å². The number of carbonyl (C=O) groups excluding carboxylic acids is 2. The van der Waals surface area contributed by atoms with E-state index in [0.29, 0.717) is 13.2 Å². The van der Waals surface area contributed by atoms with Gasteiger partial charge >= 0.3 is 11.9 Å². The Kier molecular flexibility index (Phi) is 14.7. The molecule has 0 radical (unpaired) electrons. The SMILES string of the molecule is C=C(CC(=O)OCCCCCCC)C(=O)OCCCCCCC. The van der Waals surface area contributed by atoms with Crippen molar-refractivity contribution in [3.8, 4) is 0 Å². The minimum absolute atomic E-state index is 0.0797. The van der Waals surface area contributed by atoms with Crippen LogP contribution in [0.25, 0.3) is 0 Å². The lowest BCUT2D eigenvalue weighted by Gasteiger charge is -2.08. The Labute approximate surface area is 141 Å². The first-order valence-electron chi connectivity index (χ1n) is 9.12. The molecular weight excluding hydrogens is 292 g/mol. The predicted molar refractivity (Wildman–Crippen MR) is 93.2 cm³/mol. The van der Waals surface area contributed by atoms with Gasteiger partial charge in [0.2, 0.25) is 0 Å². The third kappa shape index (κ3) is 14.0. The second-order valence-electron chi connectivity index (χ2n) is 5.97. The Morgan fingerprint density at radius 2 is 1.22 bits per heavy atom. The highest BCUT2D eigenvalue weighted by molar-refractivity contribution is 5.93. The van der Waals surface area contributed by atoms with Crippen molar-refractivity contribution in [2.75, 3.05) is 13.2 Å². The summed E-state index contributed by atoms with van der Waals surface area (Å²) in [6, 6.07) is 0. The van der Waals surface area contributed by atoms with Crippen LogP contribution < -0.4 is 0 Å². The topological polar surface area (TPSA) is 52.6 Å². The van der Waals surface area contributed by atoms with Crippen LogP contribution in [-0.2, 0) is 19.1 Å². The summed E-state index contributed by atoms with van der Waals surface area (Å²) < 4.78 is 10.2. The molecule has 0 aromatic carbocycles. The lowest BCUT2D eigenvalue weighted by molar-refractivity contribution is -0.146. The second-order valence-corrected chi connectivity index (χ2v) is 5.97. The van der Waals surface area contributed by atoms with Crippen LogP contribution in [-0.4, -0.2) is 25.2 Å². The average molecular weight is 326 g/mol. The molecule has 0 aliphatic heterocycles. The highest BCUT2D eigenvalue weighted by atomic mass is 16.5. The molecule has 0 fully saturated rings. The summed E-state index contributed by atoms with van der Waals surface area (Å²) in [5.41, 5.74) is 0.176. The summed E-state index contributed by atoms with van der Waals surface area (Å²) in [7, 11) is 0. The van der Waals surface area contributed by atoms with E-state index in [-0.39, 0.29) is 12.0 Å². The van der Waals surface area contributed by atoms with Gasteiger partial charge in [0.25, 0.3) is 0 Å². The Morgan fingerprint density at radius 3 is 1.74 bits per heavy atom. The van der Waals surface area contributed by atoms with Gasteiger partial charge in [0.15, 0.2) is 0 Å². The fourth-order valence-corrected chi connectivity index (χ4v) is 2.16. The first-order valence-corrected chi connectivity index (χ1v) is 9.12. The second kappa shape index (κ2) is 15.6. The molecule has 0 spiro atoms. The van der Waals surface area contributed by atoms with Crippen LogP contribution in [0.3, 0.4) is 0 Å². The van der Waals surface area contributed by atoms with Crippen LogP contribution in [0, 0.1) is 0 Å². The standard InChI is InChI=1S/C19H34O4/c1-4-6-8-10-12-14-22-18(20)16-17(3)19(21)23-15-13-11-9-7-5-2/h3-16H2,1-2H3. The predicted octanol–water partition coefficient (Wildman–Crippen LogP) is 4.96. The monoisotopic (exact) mass is 326 g/mol. The van der Waals surface area contributed by atoms with Crippen molar-refractivity contribution in [2.24, 2.45) is 0 Å². The summed E-state index contributed by atoms with van der Waals surface area (Å²) in [6.45, 7) is 8.76. The van der Waals surface area contributed by atoms with Gasteiger partial charge in [0.1, 0.15) is 0 Å². The quantitative estimate of drug-likeness (QED) is 0.242. The van der Waals surface area contributed by atoms with E-state index in [2.05, 4.69) is 20.4 Å². The van der Waals surface area contributed by atoms with Gasteiger partial charge < -0.3 is 9.47 Å². The molecule has 0 aromatic heterocycles. The molecule has 134 valence electrons. The van der Waals surface area contributed by atoms with Crippen molar-refractivity contribution < 1.29 is 19.1 Å². The molecular formula is C19H34O4. The number of ether oxygens (including phenoxy) is 2. The molecule has 23 heavy (non-hydrogen) atoms. The zero-order valence-electron chi connectivity index (χ0n) is 15.0. The number of hydrogen-bond donors (Lipinski definition) is 0. The smallest absolute Gasteiger partial charge is 0.333 e. The van der Waals surface area contributed by atoms with Crippen LogP contribution in [0.1, 0.15) is 84.5 Å². The highest BCUT2D eigenvalue weighted by Crippen LogP contribution is 2.07. The Balaban J connectivity index is 3.61. The summed E-state index contributed by atoms with van der Waals surface area (Å²) >= 11 is 0. The van der Waals surface area contributed by atoms with E-state index in [1.165, 1.54) is 38.5 Å². The number of hydrogen-bond acceptors (Lipinski definition) is 4. The van der Waals surface area contributed by atoms with E-state index in [9.17, 15) is 9.59 Å². The zero-order chi connectivity index (χ0) is 17.3. The molecule has 0 amide bonds. The summed E-state index contributed by atoms with van der Waals surface area (Å²) in [5.74, 6) is -0.884. The van der Waals surface area contributed by atoms with Gasteiger partial charge in [-0.15, -0.1) is 0 Å². The number of rotatable bonds is 15. The summed E-state index contributed by atoms with van der Waals surface area (Å²) in [6.07, 6.45) is 10.9.